The molecule has 2 heterocycles. The van der Waals surface area contributed by atoms with E-state index < -0.39 is 0 Å². The lowest BCUT2D eigenvalue weighted by Gasteiger charge is -2.38. The number of unbranched alkanes of at least 4 members (excludes halogenated alkanes) is 1. The van der Waals surface area contributed by atoms with Crippen molar-refractivity contribution in [1.82, 2.24) is 9.80 Å². The van der Waals surface area contributed by atoms with E-state index in [1.165, 1.54) is 16.0 Å². The van der Waals surface area contributed by atoms with E-state index >= 15 is 0 Å². The van der Waals surface area contributed by atoms with Crippen molar-refractivity contribution in [2.45, 2.75) is 65.0 Å². The lowest BCUT2D eigenvalue weighted by atomic mass is 9.93. The lowest BCUT2D eigenvalue weighted by Crippen LogP contribution is -2.49. The molecule has 3 aromatic rings. The fourth-order valence-corrected chi connectivity index (χ4v) is 5.73. The first-order valence-electron chi connectivity index (χ1n) is 12.8. The van der Waals surface area contributed by atoms with E-state index in [1.54, 1.807) is 16.2 Å². The molecule has 2 aromatic carbocycles. The van der Waals surface area contributed by atoms with Crippen molar-refractivity contribution in [1.29, 1.82) is 0 Å². The third kappa shape index (κ3) is 5.67. The van der Waals surface area contributed by atoms with Crippen LogP contribution in [0.2, 0.25) is 0 Å². The number of amides is 2. The van der Waals surface area contributed by atoms with E-state index in [9.17, 15) is 9.59 Å². The highest BCUT2D eigenvalue weighted by molar-refractivity contribution is 7.10. The van der Waals surface area contributed by atoms with Crippen LogP contribution >= 0.6 is 11.3 Å². The lowest BCUT2D eigenvalue weighted by molar-refractivity contribution is -0.134. The Morgan fingerprint density at radius 3 is 2.49 bits per heavy atom. The monoisotopic (exact) mass is 488 g/mol. The van der Waals surface area contributed by atoms with Crippen LogP contribution in [0.15, 0.2) is 66.0 Å². The van der Waals surface area contributed by atoms with E-state index in [2.05, 4.69) is 37.4 Å². The number of aryl methyl sites for hydroxylation is 1. The first kappa shape index (κ1) is 25.2. The Bertz CT molecular complexity index is 1120. The molecule has 0 spiro atoms. The molecule has 0 saturated heterocycles. The van der Waals surface area contributed by atoms with Gasteiger partial charge in [0, 0.05) is 23.0 Å². The minimum absolute atomic E-state index is 0.00363. The molecule has 1 aliphatic rings. The molecule has 1 aliphatic heterocycles. The Morgan fingerprint density at radius 2 is 1.80 bits per heavy atom. The summed E-state index contributed by atoms with van der Waals surface area (Å²) < 4.78 is 0. The van der Waals surface area contributed by atoms with Crippen molar-refractivity contribution in [3.63, 3.8) is 0 Å². The minimum atomic E-state index is -0.106. The van der Waals surface area contributed by atoms with E-state index in [-0.39, 0.29) is 30.4 Å². The zero-order valence-corrected chi connectivity index (χ0v) is 21.9. The number of hydrogen-bond donors (Lipinski definition) is 0. The van der Waals surface area contributed by atoms with Gasteiger partial charge in [0.1, 0.15) is 6.54 Å². The first-order chi connectivity index (χ1) is 17.0. The SMILES string of the molecule is CCCCc1ccc(C(=O)N(CC(=O)N2CCc3sccc3C2c2ccccc2)C(C)CC)cc1. The van der Waals surface area contributed by atoms with Crippen LogP contribution < -0.4 is 0 Å². The van der Waals surface area contributed by atoms with Crippen molar-refractivity contribution >= 4 is 23.2 Å². The van der Waals surface area contributed by atoms with Crippen LogP contribution in [0.3, 0.4) is 0 Å². The van der Waals surface area contributed by atoms with Crippen LogP contribution in [0.4, 0.5) is 0 Å². The summed E-state index contributed by atoms with van der Waals surface area (Å²) in [6, 6.07) is 20.2. The summed E-state index contributed by atoms with van der Waals surface area (Å²) >= 11 is 1.77. The van der Waals surface area contributed by atoms with Gasteiger partial charge in [-0.15, -0.1) is 11.3 Å². The molecule has 2 atom stereocenters. The van der Waals surface area contributed by atoms with E-state index in [1.807, 2.05) is 54.3 Å². The zero-order valence-electron chi connectivity index (χ0n) is 21.1. The van der Waals surface area contributed by atoms with Crippen LogP contribution in [0.1, 0.15) is 78.0 Å². The van der Waals surface area contributed by atoms with Gasteiger partial charge in [0.15, 0.2) is 0 Å². The molecule has 0 aliphatic carbocycles. The van der Waals surface area contributed by atoms with Gasteiger partial charge in [0.25, 0.3) is 5.91 Å². The number of rotatable bonds is 9. The Hall–Kier alpha value is -2.92. The number of fused-ring (bicyclic) bond motifs is 1. The number of hydrogen-bond acceptors (Lipinski definition) is 3. The topological polar surface area (TPSA) is 40.6 Å². The van der Waals surface area contributed by atoms with Crippen LogP contribution in [0, 0.1) is 0 Å². The third-order valence-electron chi connectivity index (χ3n) is 7.11. The predicted molar refractivity (Wildman–Crippen MR) is 144 cm³/mol. The van der Waals surface area contributed by atoms with Crippen molar-refractivity contribution in [3.05, 3.63) is 93.2 Å². The molecule has 0 fully saturated rings. The van der Waals surface area contributed by atoms with Gasteiger partial charge in [-0.25, -0.2) is 0 Å². The van der Waals surface area contributed by atoms with Crippen molar-refractivity contribution in [3.8, 4) is 0 Å². The van der Waals surface area contributed by atoms with Crippen LogP contribution in [-0.2, 0) is 17.6 Å². The molecule has 1 aromatic heterocycles. The minimum Gasteiger partial charge on any atom is -0.330 e. The second-order valence-electron chi connectivity index (χ2n) is 9.44. The summed E-state index contributed by atoms with van der Waals surface area (Å²) in [6.45, 7) is 7.04. The van der Waals surface area contributed by atoms with Crippen LogP contribution in [0.5, 0.6) is 0 Å². The van der Waals surface area contributed by atoms with E-state index in [4.69, 9.17) is 0 Å². The molecule has 2 unspecified atom stereocenters. The number of thiophene rings is 1. The third-order valence-corrected chi connectivity index (χ3v) is 8.11. The summed E-state index contributed by atoms with van der Waals surface area (Å²) in [5.74, 6) is -0.0665. The maximum absolute atomic E-state index is 13.8. The fraction of sp³-hybridized carbons (Fsp3) is 0.400. The van der Waals surface area contributed by atoms with Crippen molar-refractivity contribution in [2.24, 2.45) is 0 Å². The smallest absolute Gasteiger partial charge is 0.254 e. The van der Waals surface area contributed by atoms with Gasteiger partial charge in [-0.05, 0) is 72.9 Å². The Kier molecular flexibility index (Phi) is 8.40. The number of carbonyl (C=O) groups excluding carboxylic acids is 2. The first-order valence-corrected chi connectivity index (χ1v) is 13.7. The average Bonchev–Trinajstić information content (AvgIpc) is 3.39. The molecule has 0 bridgehead atoms. The molecule has 4 nitrogen and oxygen atoms in total. The summed E-state index contributed by atoms with van der Waals surface area (Å²) in [4.78, 5) is 32.4. The number of benzene rings is 2. The number of carbonyl (C=O) groups is 2. The van der Waals surface area contributed by atoms with Gasteiger partial charge in [0.05, 0.1) is 6.04 Å². The van der Waals surface area contributed by atoms with Gasteiger partial charge in [0.2, 0.25) is 5.91 Å². The highest BCUT2D eigenvalue weighted by atomic mass is 32.1. The van der Waals surface area contributed by atoms with Gasteiger partial charge in [-0.1, -0.05) is 62.7 Å². The Morgan fingerprint density at radius 1 is 1.06 bits per heavy atom. The summed E-state index contributed by atoms with van der Waals surface area (Å²) in [6.07, 6.45) is 4.98. The number of nitrogens with zero attached hydrogens (tertiary/aromatic N) is 2. The largest absolute Gasteiger partial charge is 0.330 e. The summed E-state index contributed by atoms with van der Waals surface area (Å²) in [5.41, 5.74) is 4.23. The molecule has 0 N–H and O–H groups in total. The fourth-order valence-electron chi connectivity index (χ4n) is 4.83. The van der Waals surface area contributed by atoms with Crippen molar-refractivity contribution in [2.75, 3.05) is 13.1 Å². The average molecular weight is 489 g/mol. The molecule has 2 amide bonds. The molecular weight excluding hydrogens is 452 g/mol. The standard InChI is InChI=1S/C30H36N2O2S/c1-4-6-10-23-13-15-25(16-14-23)30(34)32(22(3)5-2)21-28(33)31-19-17-27-26(18-20-35-27)29(31)24-11-8-7-9-12-24/h7-9,11-16,18,20,22,29H,4-6,10,17,19,21H2,1-3H3. The van der Waals surface area contributed by atoms with Crippen LogP contribution in [-0.4, -0.2) is 40.7 Å². The van der Waals surface area contributed by atoms with Crippen molar-refractivity contribution < 1.29 is 9.59 Å². The maximum Gasteiger partial charge on any atom is 0.254 e. The predicted octanol–water partition coefficient (Wildman–Crippen LogP) is 6.51. The molecule has 0 radical (unpaired) electrons. The van der Waals surface area contributed by atoms with E-state index in [0.717, 1.165) is 37.7 Å². The van der Waals surface area contributed by atoms with Crippen LogP contribution in [0.25, 0.3) is 0 Å². The zero-order chi connectivity index (χ0) is 24.8. The van der Waals surface area contributed by atoms with Gasteiger partial charge in [-0.2, -0.15) is 0 Å². The second-order valence-corrected chi connectivity index (χ2v) is 10.4. The molecule has 5 heteroatoms. The highest BCUT2D eigenvalue weighted by Gasteiger charge is 2.34. The van der Waals surface area contributed by atoms with Gasteiger partial charge < -0.3 is 9.80 Å². The molecule has 0 saturated carbocycles. The Labute approximate surface area is 213 Å². The second kappa shape index (κ2) is 11.7. The van der Waals surface area contributed by atoms with Gasteiger partial charge >= 0.3 is 0 Å². The molecule has 4 rings (SSSR count). The van der Waals surface area contributed by atoms with E-state index in [0.29, 0.717) is 12.1 Å². The quantitative estimate of drug-likeness (QED) is 0.345. The normalized spacial score (nSPS) is 16.0. The molecule has 184 valence electrons. The highest BCUT2D eigenvalue weighted by Crippen LogP contribution is 2.37. The molecular formula is C30H36N2O2S. The summed E-state index contributed by atoms with van der Waals surface area (Å²) in [7, 11) is 0. The van der Waals surface area contributed by atoms with Gasteiger partial charge in [-0.3, -0.25) is 9.59 Å². The summed E-state index contributed by atoms with van der Waals surface area (Å²) in [5, 5.41) is 2.12. The Balaban J connectivity index is 1.57. The molecule has 35 heavy (non-hydrogen) atoms. The maximum atomic E-state index is 13.8.